The van der Waals surface area contributed by atoms with Crippen LogP contribution in [0.4, 0.5) is 4.79 Å². The van der Waals surface area contributed by atoms with Crippen LogP contribution in [0.5, 0.6) is 0 Å². The lowest BCUT2D eigenvalue weighted by Gasteiger charge is -2.35. The number of carbonyl (C=O) groups excluding carboxylic acids is 2. The van der Waals surface area contributed by atoms with E-state index in [1.54, 1.807) is 20.8 Å². The van der Waals surface area contributed by atoms with E-state index >= 15 is 0 Å². The summed E-state index contributed by atoms with van der Waals surface area (Å²) in [4.78, 5) is 23.1. The van der Waals surface area contributed by atoms with Crippen molar-refractivity contribution in [2.24, 2.45) is 16.0 Å². The number of carbonyl (C=O) groups is 2. The molecule has 1 unspecified atom stereocenters. The summed E-state index contributed by atoms with van der Waals surface area (Å²) in [5, 5.41) is 6.75. The molecule has 0 aromatic rings. The number of amides is 1. The van der Waals surface area contributed by atoms with Gasteiger partial charge in [-0.3, -0.25) is 0 Å². The molecule has 1 heterocycles. The number of cyclic esters (lactones) is 1. The molecule has 0 aliphatic carbocycles. The molecule has 0 aromatic heterocycles. The van der Waals surface area contributed by atoms with Crippen LogP contribution in [0.3, 0.4) is 0 Å². The normalized spacial score (nSPS) is 24.7. The first-order valence-corrected chi connectivity index (χ1v) is 5.16. The number of esters is 1. The van der Waals surface area contributed by atoms with Crippen LogP contribution in [0.2, 0.25) is 0 Å². The Morgan fingerprint density at radius 2 is 1.88 bits per heavy atom. The molecule has 0 fully saturated rings. The van der Waals surface area contributed by atoms with Gasteiger partial charge in [0.15, 0.2) is 0 Å². The Morgan fingerprint density at radius 3 is 2.18 bits per heavy atom. The first kappa shape index (κ1) is 13.6. The van der Waals surface area contributed by atoms with E-state index in [1.807, 2.05) is 0 Å². The van der Waals surface area contributed by atoms with Crippen LogP contribution in [-0.2, 0) is 14.3 Å². The molecule has 0 aromatic carbocycles. The maximum atomic E-state index is 12.0. The fourth-order valence-corrected chi connectivity index (χ4v) is 1.23. The maximum Gasteiger partial charge on any atom is 0.455 e. The Balaban J connectivity index is 3.07. The van der Waals surface area contributed by atoms with Crippen LogP contribution in [0.25, 0.3) is 0 Å². The second-order valence-corrected chi connectivity index (χ2v) is 5.44. The lowest BCUT2D eigenvalue weighted by atomic mass is 9.92. The third-order valence-corrected chi connectivity index (χ3v) is 2.06. The van der Waals surface area contributed by atoms with E-state index in [9.17, 15) is 9.59 Å². The van der Waals surface area contributed by atoms with Gasteiger partial charge in [-0.25, -0.2) is 9.59 Å². The van der Waals surface area contributed by atoms with Gasteiger partial charge in [0.1, 0.15) is 5.60 Å². The minimum absolute atomic E-state index is 0.736. The molecular weight excluding hydrogens is 226 g/mol. The first-order valence-electron chi connectivity index (χ1n) is 5.16. The van der Waals surface area contributed by atoms with Gasteiger partial charge < -0.3 is 15.2 Å². The summed E-state index contributed by atoms with van der Waals surface area (Å²) in [5.41, 5.74) is 1.95. The second kappa shape index (κ2) is 3.76. The largest absolute Gasteiger partial charge is 0.455 e. The van der Waals surface area contributed by atoms with Crippen LogP contribution >= 0.6 is 0 Å². The number of hydrogen-bond donors (Lipinski definition) is 1. The molecule has 1 rings (SSSR count). The van der Waals surface area contributed by atoms with Crippen LogP contribution in [-0.4, -0.2) is 28.9 Å². The van der Waals surface area contributed by atoms with Gasteiger partial charge in [-0.15, -0.1) is 5.11 Å². The zero-order valence-electron chi connectivity index (χ0n) is 10.6. The SMILES string of the molecule is CC(C)(C)OC(=O)C1(C(C)(C)N)N=NC(=O)O1. The highest BCUT2D eigenvalue weighted by atomic mass is 16.6. The van der Waals surface area contributed by atoms with Crippen molar-refractivity contribution in [2.45, 2.75) is 51.5 Å². The molecule has 0 saturated heterocycles. The molecule has 96 valence electrons. The number of ether oxygens (including phenoxy) is 2. The van der Waals surface area contributed by atoms with E-state index in [4.69, 9.17) is 15.2 Å². The highest BCUT2D eigenvalue weighted by molar-refractivity contribution is 5.86. The molecule has 1 aliphatic heterocycles. The number of nitrogens with zero attached hydrogens (tertiary/aromatic N) is 2. The predicted octanol–water partition coefficient (Wildman–Crippen LogP) is 1.36. The predicted molar refractivity (Wildman–Crippen MR) is 58.2 cm³/mol. The summed E-state index contributed by atoms with van der Waals surface area (Å²) in [5.74, 6) is -0.827. The number of rotatable bonds is 2. The van der Waals surface area contributed by atoms with Crippen molar-refractivity contribution in [2.75, 3.05) is 0 Å². The van der Waals surface area contributed by atoms with Crippen molar-refractivity contribution in [1.29, 1.82) is 0 Å². The third-order valence-electron chi connectivity index (χ3n) is 2.06. The Labute approximate surface area is 99.4 Å². The van der Waals surface area contributed by atoms with E-state index in [2.05, 4.69) is 10.2 Å². The lowest BCUT2D eigenvalue weighted by Crippen LogP contribution is -2.62. The minimum atomic E-state index is -1.91. The molecule has 0 saturated carbocycles. The van der Waals surface area contributed by atoms with Gasteiger partial charge in [-0.2, -0.15) is 0 Å². The standard InChI is InChI=1S/C10H17N3O4/c1-8(2,3)16-6(14)10(9(4,5)11)13-12-7(15)17-10/h11H2,1-5H3. The lowest BCUT2D eigenvalue weighted by molar-refractivity contribution is -0.180. The highest BCUT2D eigenvalue weighted by Crippen LogP contribution is 2.33. The molecule has 2 N–H and O–H groups in total. The number of nitrogens with two attached hydrogens (primary N) is 1. The molecule has 17 heavy (non-hydrogen) atoms. The smallest absolute Gasteiger partial charge is 0.455 e. The van der Waals surface area contributed by atoms with E-state index in [-0.39, 0.29) is 0 Å². The quantitative estimate of drug-likeness (QED) is 0.737. The Kier molecular flexibility index (Phi) is 3.00. The average molecular weight is 243 g/mol. The van der Waals surface area contributed by atoms with E-state index in [1.165, 1.54) is 13.8 Å². The van der Waals surface area contributed by atoms with E-state index < -0.39 is 28.9 Å². The fourth-order valence-electron chi connectivity index (χ4n) is 1.23. The molecule has 1 atom stereocenters. The van der Waals surface area contributed by atoms with Crippen molar-refractivity contribution >= 4 is 12.1 Å². The average Bonchev–Trinajstić information content (AvgIpc) is 2.44. The fraction of sp³-hybridized carbons (Fsp3) is 0.800. The van der Waals surface area contributed by atoms with Crippen molar-refractivity contribution in [1.82, 2.24) is 0 Å². The minimum Gasteiger partial charge on any atom is -0.455 e. The Morgan fingerprint density at radius 1 is 1.35 bits per heavy atom. The van der Waals surface area contributed by atoms with Gasteiger partial charge in [-0.05, 0) is 34.6 Å². The van der Waals surface area contributed by atoms with E-state index in [0.29, 0.717) is 0 Å². The van der Waals surface area contributed by atoms with Gasteiger partial charge in [0.25, 0.3) is 0 Å². The van der Waals surface area contributed by atoms with Gasteiger partial charge in [0.05, 0.1) is 5.54 Å². The van der Waals surface area contributed by atoms with Crippen molar-refractivity contribution in [3.05, 3.63) is 0 Å². The highest BCUT2D eigenvalue weighted by Gasteiger charge is 2.59. The summed E-state index contributed by atoms with van der Waals surface area (Å²) in [6.07, 6.45) is -0.950. The molecular formula is C10H17N3O4. The summed E-state index contributed by atoms with van der Waals surface area (Å²) >= 11 is 0. The van der Waals surface area contributed by atoms with Crippen molar-refractivity contribution < 1.29 is 19.1 Å². The van der Waals surface area contributed by atoms with Gasteiger partial charge in [0, 0.05) is 0 Å². The molecule has 1 aliphatic rings. The maximum absolute atomic E-state index is 12.0. The topological polar surface area (TPSA) is 103 Å². The van der Waals surface area contributed by atoms with Gasteiger partial charge in [0.2, 0.25) is 0 Å². The second-order valence-electron chi connectivity index (χ2n) is 5.44. The number of azo groups is 1. The van der Waals surface area contributed by atoms with Crippen LogP contribution in [0.1, 0.15) is 34.6 Å². The first-order chi connectivity index (χ1) is 7.48. The van der Waals surface area contributed by atoms with Crippen LogP contribution < -0.4 is 5.73 Å². The van der Waals surface area contributed by atoms with Crippen molar-refractivity contribution in [3.8, 4) is 0 Å². The van der Waals surface area contributed by atoms with Crippen LogP contribution in [0, 0.1) is 0 Å². The van der Waals surface area contributed by atoms with Gasteiger partial charge >= 0.3 is 17.8 Å². The summed E-state index contributed by atoms with van der Waals surface area (Å²) in [7, 11) is 0. The monoisotopic (exact) mass is 243 g/mol. The third kappa shape index (κ3) is 2.60. The zero-order chi connectivity index (χ0) is 13.5. The zero-order valence-corrected chi connectivity index (χ0v) is 10.6. The molecule has 7 nitrogen and oxygen atoms in total. The Bertz CT molecular complexity index is 378. The van der Waals surface area contributed by atoms with Gasteiger partial charge in [-0.1, -0.05) is 5.11 Å². The molecule has 7 heteroatoms. The Hall–Kier alpha value is -1.50. The summed E-state index contributed by atoms with van der Waals surface area (Å²) < 4.78 is 10.00. The van der Waals surface area contributed by atoms with Crippen molar-refractivity contribution in [3.63, 3.8) is 0 Å². The summed E-state index contributed by atoms with van der Waals surface area (Å²) in [6, 6.07) is 0. The van der Waals surface area contributed by atoms with Crippen LogP contribution in [0.15, 0.2) is 10.2 Å². The molecule has 0 radical (unpaired) electrons. The number of hydrogen-bond acceptors (Lipinski definition) is 6. The summed E-state index contributed by atoms with van der Waals surface area (Å²) in [6.45, 7) is 8.09. The molecule has 1 amide bonds. The van der Waals surface area contributed by atoms with E-state index in [0.717, 1.165) is 0 Å². The molecule has 0 spiro atoms. The molecule has 0 bridgehead atoms.